The van der Waals surface area contributed by atoms with Crippen molar-refractivity contribution in [3.05, 3.63) is 29.3 Å². The summed E-state index contributed by atoms with van der Waals surface area (Å²) < 4.78 is 58.6. The molecule has 6 rings (SSSR count). The van der Waals surface area contributed by atoms with Crippen LogP contribution in [-0.4, -0.2) is 111 Å². The molecule has 0 spiro atoms. The smallest absolute Gasteiger partial charge is 0.394 e. The number of nitrogens with zero attached hydrogens (tertiary/aromatic N) is 7. The summed E-state index contributed by atoms with van der Waals surface area (Å²) in [4.78, 5) is 45.3. The fourth-order valence-electron chi connectivity index (χ4n) is 5.25. The Morgan fingerprint density at radius 2 is 1.84 bits per heavy atom. The van der Waals surface area contributed by atoms with Crippen molar-refractivity contribution in [1.29, 1.82) is 0 Å². The summed E-state index contributed by atoms with van der Waals surface area (Å²) >= 11 is 0. The average Bonchev–Trinajstić information content (AvgIpc) is 3.72. The van der Waals surface area contributed by atoms with Crippen LogP contribution < -0.4 is 17.0 Å². The van der Waals surface area contributed by atoms with Crippen molar-refractivity contribution in [1.82, 2.24) is 39.0 Å². The van der Waals surface area contributed by atoms with Crippen molar-refractivity contribution in [2.75, 3.05) is 31.8 Å². The molecule has 0 amide bonds. The Balaban J connectivity index is 1.23. The lowest BCUT2D eigenvalue weighted by Gasteiger charge is -2.29. The Bertz CT molecular complexity index is 1800. The number of alkyl halides is 1. The fourth-order valence-corrected chi connectivity index (χ4v) is 6.26. The van der Waals surface area contributed by atoms with Gasteiger partial charge in [0.2, 0.25) is 5.95 Å². The van der Waals surface area contributed by atoms with Gasteiger partial charge >= 0.3 is 7.82 Å². The molecule has 0 bridgehead atoms. The van der Waals surface area contributed by atoms with Crippen LogP contribution in [0.1, 0.15) is 19.4 Å². The van der Waals surface area contributed by atoms with E-state index in [-0.39, 0.29) is 34.1 Å². The standard InChI is InChI=1S/C22H28FN10O10P/c1-22(14(35)13(39-2)20(42-22)32-6-28-10-15(24)26-5-27-16(10)32)4-40-44(37,38)43-12-9(23)8(3-34)41-19(12)33-7-29-11-17(33)30-21(25)31-18(11)36/h5-9,12-14,19-20,34-35H,3-4H2,1-2H3,(H,37,38)(H2,24,26,27)(H3,25,30,31,36)/t8-,9-,12-,13-,14+,19-,20-,22?/m1/s1. The SMILES string of the molecule is CO[C@H]1[C@H](n2cnc3c(N)ncnc32)OC(C)(COP(=O)(O)O[C@@H]2[C@H](F)[C@@H](CO)O[C@H]2n2cnc3c(=O)[nH]c(N)nc32)[C@H]1O. The van der Waals surface area contributed by atoms with Crippen molar-refractivity contribution >= 4 is 41.9 Å². The quantitative estimate of drug-likeness (QED) is 0.113. The molecule has 2 aliphatic heterocycles. The minimum absolute atomic E-state index is 0.115. The average molecular weight is 642 g/mol. The van der Waals surface area contributed by atoms with Gasteiger partial charge in [-0.1, -0.05) is 0 Å². The molecule has 8 N–H and O–H groups in total. The van der Waals surface area contributed by atoms with E-state index in [0.29, 0.717) is 0 Å². The van der Waals surface area contributed by atoms with Gasteiger partial charge in [0.25, 0.3) is 5.56 Å². The van der Waals surface area contributed by atoms with E-state index >= 15 is 4.39 Å². The minimum Gasteiger partial charge on any atom is -0.394 e. The molecule has 0 aliphatic carbocycles. The highest BCUT2D eigenvalue weighted by Crippen LogP contribution is 2.51. The molecule has 4 aromatic heterocycles. The lowest BCUT2D eigenvalue weighted by molar-refractivity contribution is -0.117. The lowest BCUT2D eigenvalue weighted by atomic mass is 9.98. The number of imidazole rings is 2. The summed E-state index contributed by atoms with van der Waals surface area (Å²) in [6.45, 7) is -0.144. The molecule has 0 aromatic carbocycles. The van der Waals surface area contributed by atoms with Gasteiger partial charge in [-0.2, -0.15) is 4.98 Å². The van der Waals surface area contributed by atoms with E-state index in [0.717, 1.165) is 10.9 Å². The molecule has 0 radical (unpaired) electrons. The second kappa shape index (κ2) is 11.1. The topological polar surface area (TPSA) is 283 Å². The first kappa shape index (κ1) is 30.4. The molecule has 238 valence electrons. The second-order valence-corrected chi connectivity index (χ2v) is 11.7. The van der Waals surface area contributed by atoms with Gasteiger partial charge in [0.15, 0.2) is 41.3 Å². The Morgan fingerprint density at radius 3 is 2.55 bits per heavy atom. The summed E-state index contributed by atoms with van der Waals surface area (Å²) in [6.07, 6.45) is -6.82. The molecule has 22 heteroatoms. The summed E-state index contributed by atoms with van der Waals surface area (Å²) in [5.41, 5.74) is 9.40. The van der Waals surface area contributed by atoms with Crippen LogP contribution in [0.15, 0.2) is 23.8 Å². The fraction of sp³-hybridized carbons (Fsp3) is 0.545. The van der Waals surface area contributed by atoms with Crippen LogP contribution in [0.3, 0.4) is 0 Å². The van der Waals surface area contributed by atoms with Gasteiger partial charge in [-0.3, -0.25) is 28.0 Å². The van der Waals surface area contributed by atoms with Crippen LogP contribution >= 0.6 is 7.82 Å². The van der Waals surface area contributed by atoms with E-state index < -0.39 is 75.2 Å². The summed E-state index contributed by atoms with van der Waals surface area (Å²) in [5, 5.41) is 20.7. The van der Waals surface area contributed by atoms with E-state index in [1.165, 1.54) is 31.3 Å². The van der Waals surface area contributed by atoms with Crippen LogP contribution in [0.2, 0.25) is 0 Å². The van der Waals surface area contributed by atoms with Gasteiger partial charge in [-0.05, 0) is 6.92 Å². The van der Waals surface area contributed by atoms with Gasteiger partial charge in [-0.25, -0.2) is 28.9 Å². The maximum atomic E-state index is 15.4. The Morgan fingerprint density at radius 1 is 1.14 bits per heavy atom. The van der Waals surface area contributed by atoms with Crippen molar-refractivity contribution < 1.29 is 47.3 Å². The van der Waals surface area contributed by atoms with Crippen LogP contribution in [0.25, 0.3) is 22.3 Å². The molecule has 20 nitrogen and oxygen atoms in total. The Hall–Kier alpha value is -3.66. The third-order valence-electron chi connectivity index (χ3n) is 7.48. The number of aromatic nitrogens is 8. The van der Waals surface area contributed by atoms with Gasteiger partial charge in [-0.15, -0.1) is 0 Å². The van der Waals surface area contributed by atoms with E-state index in [4.69, 9.17) is 34.7 Å². The summed E-state index contributed by atoms with van der Waals surface area (Å²) in [6, 6.07) is 0. The largest absolute Gasteiger partial charge is 0.472 e. The number of methoxy groups -OCH3 is 1. The van der Waals surface area contributed by atoms with Gasteiger partial charge in [0.05, 0.1) is 25.9 Å². The van der Waals surface area contributed by atoms with E-state index in [1.807, 2.05) is 0 Å². The molecule has 6 heterocycles. The number of aliphatic hydroxyl groups is 2. The number of nitrogens with two attached hydrogens (primary N) is 2. The van der Waals surface area contributed by atoms with Crippen LogP contribution in [0.4, 0.5) is 16.2 Å². The molecular formula is C22H28FN10O10P. The third-order valence-corrected chi connectivity index (χ3v) is 8.44. The van der Waals surface area contributed by atoms with Crippen molar-refractivity contribution in [2.45, 2.75) is 55.6 Å². The van der Waals surface area contributed by atoms with E-state index in [2.05, 4.69) is 29.9 Å². The molecule has 0 saturated carbocycles. The Kier molecular flexibility index (Phi) is 7.63. The first-order valence-corrected chi connectivity index (χ1v) is 14.5. The molecular weight excluding hydrogens is 614 g/mol. The predicted molar refractivity (Wildman–Crippen MR) is 144 cm³/mol. The maximum Gasteiger partial charge on any atom is 0.472 e. The number of rotatable bonds is 9. The molecule has 2 saturated heterocycles. The maximum absolute atomic E-state index is 15.4. The number of aliphatic hydroxyl groups excluding tert-OH is 2. The number of ether oxygens (including phenoxy) is 3. The number of aromatic amines is 1. The molecule has 2 unspecified atom stereocenters. The normalized spacial score (nSPS) is 32.1. The van der Waals surface area contributed by atoms with Crippen molar-refractivity contribution in [3.8, 4) is 0 Å². The molecule has 2 aliphatic rings. The number of nitrogen functional groups attached to an aromatic ring is 2. The van der Waals surface area contributed by atoms with Crippen molar-refractivity contribution in [2.24, 2.45) is 0 Å². The second-order valence-electron chi connectivity index (χ2n) is 10.3. The van der Waals surface area contributed by atoms with Gasteiger partial charge < -0.3 is 40.8 Å². The summed E-state index contributed by atoms with van der Waals surface area (Å²) in [7, 11) is -3.82. The first-order chi connectivity index (χ1) is 20.9. The number of H-pyrrole nitrogens is 1. The first-order valence-electron chi connectivity index (χ1n) is 13.0. The molecule has 44 heavy (non-hydrogen) atoms. The van der Waals surface area contributed by atoms with Gasteiger partial charge in [0.1, 0.15) is 41.9 Å². The summed E-state index contributed by atoms with van der Waals surface area (Å²) in [5.74, 6) is -0.161. The van der Waals surface area contributed by atoms with E-state index in [1.54, 1.807) is 0 Å². The van der Waals surface area contributed by atoms with Gasteiger partial charge in [0, 0.05) is 7.11 Å². The Labute approximate surface area is 245 Å². The molecule has 2 fully saturated rings. The number of hydrogen-bond acceptors (Lipinski definition) is 16. The number of phosphoric acid groups is 1. The minimum atomic E-state index is -5.15. The third kappa shape index (κ3) is 5.01. The monoisotopic (exact) mass is 642 g/mol. The van der Waals surface area contributed by atoms with Crippen LogP contribution in [0, 0.1) is 0 Å². The number of hydrogen-bond donors (Lipinski definition) is 6. The van der Waals surface area contributed by atoms with E-state index in [9.17, 15) is 24.5 Å². The number of phosphoric ester groups is 1. The molecule has 4 aromatic rings. The number of fused-ring (bicyclic) bond motifs is 2. The number of halogens is 1. The highest BCUT2D eigenvalue weighted by atomic mass is 31.2. The van der Waals surface area contributed by atoms with Crippen LogP contribution in [0.5, 0.6) is 0 Å². The lowest BCUT2D eigenvalue weighted by Crippen LogP contribution is -2.44. The number of anilines is 2. The molecule has 9 atom stereocenters. The predicted octanol–water partition coefficient (Wildman–Crippen LogP) is -1.48. The zero-order valence-electron chi connectivity index (χ0n) is 23.0. The van der Waals surface area contributed by atoms with Crippen molar-refractivity contribution in [3.63, 3.8) is 0 Å². The zero-order chi connectivity index (χ0) is 31.6. The zero-order valence-corrected chi connectivity index (χ0v) is 23.9. The number of nitrogens with one attached hydrogen (secondary N) is 1. The highest BCUT2D eigenvalue weighted by molar-refractivity contribution is 7.47. The highest BCUT2D eigenvalue weighted by Gasteiger charge is 2.55. The van der Waals surface area contributed by atoms with Crippen LogP contribution in [-0.2, 0) is 27.8 Å².